The van der Waals surface area contributed by atoms with Crippen LogP contribution in [-0.4, -0.2) is 43.8 Å². The van der Waals surface area contributed by atoms with E-state index in [2.05, 4.69) is 4.72 Å². The number of aromatic carboxylic acids is 1. The highest BCUT2D eigenvalue weighted by atomic mass is 32.2. The Labute approximate surface area is 118 Å². The summed E-state index contributed by atoms with van der Waals surface area (Å²) in [7, 11) is -2.18. The molecule has 0 fully saturated rings. The van der Waals surface area contributed by atoms with E-state index in [1.807, 2.05) is 0 Å². The number of carboxylic acid groups (broad SMARTS) is 1. The predicted octanol–water partition coefficient (Wildman–Crippen LogP) is 0.909. The van der Waals surface area contributed by atoms with Crippen molar-refractivity contribution < 1.29 is 23.1 Å². The molecule has 1 aromatic rings. The van der Waals surface area contributed by atoms with E-state index in [1.54, 1.807) is 21.0 Å². The fourth-order valence-corrected chi connectivity index (χ4v) is 3.07. The smallest absolute Gasteiger partial charge is 0.352 e. The summed E-state index contributed by atoms with van der Waals surface area (Å²) in [4.78, 5) is 11.0. The highest BCUT2D eigenvalue weighted by Crippen LogP contribution is 2.15. The first-order chi connectivity index (χ1) is 9.31. The molecule has 1 atom stereocenters. The zero-order valence-electron chi connectivity index (χ0n) is 11.8. The fraction of sp³-hybridized carbons (Fsp3) is 0.583. The molecule has 1 rings (SSSR count). The highest BCUT2D eigenvalue weighted by molar-refractivity contribution is 7.89. The van der Waals surface area contributed by atoms with Crippen molar-refractivity contribution >= 4 is 16.0 Å². The number of hydrogen-bond acceptors (Lipinski definition) is 4. The molecule has 0 spiro atoms. The van der Waals surface area contributed by atoms with Crippen molar-refractivity contribution in [3.8, 4) is 0 Å². The third-order valence-corrected chi connectivity index (χ3v) is 4.41. The van der Waals surface area contributed by atoms with Crippen molar-refractivity contribution in [1.29, 1.82) is 0 Å². The number of carboxylic acids is 1. The molecule has 0 bridgehead atoms. The van der Waals surface area contributed by atoms with Crippen LogP contribution in [0.4, 0.5) is 0 Å². The van der Waals surface area contributed by atoms with Gasteiger partial charge in [0.15, 0.2) is 0 Å². The summed E-state index contributed by atoms with van der Waals surface area (Å²) < 4.78 is 33.1. The van der Waals surface area contributed by atoms with Crippen LogP contribution in [0.3, 0.4) is 0 Å². The Balaban J connectivity index is 2.95. The maximum Gasteiger partial charge on any atom is 0.352 e. The van der Waals surface area contributed by atoms with Crippen molar-refractivity contribution in [2.75, 3.05) is 13.7 Å². The number of methoxy groups -OCH3 is 1. The van der Waals surface area contributed by atoms with E-state index in [-0.39, 0.29) is 16.6 Å². The molecule has 0 saturated carbocycles. The van der Waals surface area contributed by atoms with E-state index in [0.29, 0.717) is 19.6 Å². The topological polar surface area (TPSA) is 97.6 Å². The molecular weight excluding hydrogens is 284 g/mol. The van der Waals surface area contributed by atoms with Crippen LogP contribution in [0.5, 0.6) is 0 Å². The minimum absolute atomic E-state index is 0.0407. The Hall–Kier alpha value is -1.38. The van der Waals surface area contributed by atoms with Gasteiger partial charge >= 0.3 is 5.97 Å². The Morgan fingerprint density at radius 3 is 2.65 bits per heavy atom. The van der Waals surface area contributed by atoms with E-state index in [9.17, 15) is 13.2 Å². The SMILES string of the molecule is CCn1cc(S(=O)(=O)NC(C)CCOC)cc1C(=O)O. The van der Waals surface area contributed by atoms with Crippen molar-refractivity contribution in [3.63, 3.8) is 0 Å². The largest absolute Gasteiger partial charge is 0.477 e. The number of sulfonamides is 1. The standard InChI is InChI=1S/C12H20N2O5S/c1-4-14-8-10(7-11(14)12(15)16)20(17,18)13-9(2)5-6-19-3/h7-9,13H,4-6H2,1-3H3,(H,15,16). The minimum atomic E-state index is -3.72. The Kier molecular flexibility index (Phi) is 5.73. The summed E-state index contributed by atoms with van der Waals surface area (Å²) in [6, 6.07) is 0.871. The number of aryl methyl sites for hydroxylation is 1. The van der Waals surface area contributed by atoms with E-state index in [0.717, 1.165) is 6.07 Å². The van der Waals surface area contributed by atoms with Gasteiger partial charge in [-0.05, 0) is 26.3 Å². The van der Waals surface area contributed by atoms with E-state index < -0.39 is 16.0 Å². The first-order valence-electron chi connectivity index (χ1n) is 6.26. The number of hydrogen-bond donors (Lipinski definition) is 2. The number of nitrogens with one attached hydrogen (secondary N) is 1. The minimum Gasteiger partial charge on any atom is -0.477 e. The molecule has 0 aliphatic rings. The quantitative estimate of drug-likeness (QED) is 0.744. The Morgan fingerprint density at radius 2 is 2.20 bits per heavy atom. The normalized spacial score (nSPS) is 13.3. The molecule has 1 aromatic heterocycles. The van der Waals surface area contributed by atoms with Gasteiger partial charge in [0.1, 0.15) is 10.6 Å². The van der Waals surface area contributed by atoms with Crippen LogP contribution in [0, 0.1) is 0 Å². The Morgan fingerprint density at radius 1 is 1.55 bits per heavy atom. The molecule has 1 unspecified atom stereocenters. The van der Waals surface area contributed by atoms with Crippen molar-refractivity contribution in [2.45, 2.75) is 37.8 Å². The number of rotatable bonds is 8. The molecular formula is C12H20N2O5S. The molecule has 8 heteroatoms. The second kappa shape index (κ2) is 6.87. The molecule has 0 radical (unpaired) electrons. The van der Waals surface area contributed by atoms with Gasteiger partial charge in [0.25, 0.3) is 0 Å². The zero-order valence-corrected chi connectivity index (χ0v) is 12.6. The van der Waals surface area contributed by atoms with Crippen LogP contribution in [0.2, 0.25) is 0 Å². The molecule has 7 nitrogen and oxygen atoms in total. The van der Waals surface area contributed by atoms with Crippen LogP contribution in [0.1, 0.15) is 30.8 Å². The number of ether oxygens (including phenoxy) is 1. The molecule has 0 amide bonds. The van der Waals surface area contributed by atoms with Crippen LogP contribution in [0.25, 0.3) is 0 Å². The molecule has 114 valence electrons. The first-order valence-corrected chi connectivity index (χ1v) is 7.74. The maximum absolute atomic E-state index is 12.2. The van der Waals surface area contributed by atoms with Crippen LogP contribution in [-0.2, 0) is 21.3 Å². The van der Waals surface area contributed by atoms with Gasteiger partial charge in [-0.25, -0.2) is 17.9 Å². The predicted molar refractivity (Wildman–Crippen MR) is 73.3 cm³/mol. The van der Waals surface area contributed by atoms with Crippen molar-refractivity contribution in [2.24, 2.45) is 0 Å². The van der Waals surface area contributed by atoms with Gasteiger partial charge in [-0.1, -0.05) is 0 Å². The third-order valence-electron chi connectivity index (χ3n) is 2.85. The number of carbonyl (C=O) groups is 1. The van der Waals surface area contributed by atoms with Gasteiger partial charge in [-0.2, -0.15) is 0 Å². The summed E-state index contributed by atoms with van der Waals surface area (Å²) in [5.74, 6) is -1.15. The van der Waals surface area contributed by atoms with Gasteiger partial charge < -0.3 is 14.4 Å². The van der Waals surface area contributed by atoms with E-state index >= 15 is 0 Å². The number of nitrogens with zero attached hydrogens (tertiary/aromatic N) is 1. The van der Waals surface area contributed by atoms with Crippen molar-refractivity contribution in [3.05, 3.63) is 18.0 Å². The lowest BCUT2D eigenvalue weighted by Gasteiger charge is -2.12. The van der Waals surface area contributed by atoms with Crippen LogP contribution >= 0.6 is 0 Å². The van der Waals surface area contributed by atoms with Gasteiger partial charge in [0, 0.05) is 32.5 Å². The lowest BCUT2D eigenvalue weighted by Crippen LogP contribution is -2.33. The summed E-state index contributed by atoms with van der Waals surface area (Å²) in [6.07, 6.45) is 1.87. The van der Waals surface area contributed by atoms with E-state index in [4.69, 9.17) is 9.84 Å². The molecule has 20 heavy (non-hydrogen) atoms. The molecule has 0 aliphatic heterocycles. The van der Waals surface area contributed by atoms with Gasteiger partial charge in [0.05, 0.1) is 0 Å². The summed E-state index contributed by atoms with van der Waals surface area (Å²) in [5, 5.41) is 9.02. The number of aromatic nitrogens is 1. The first kappa shape index (κ1) is 16.7. The second-order valence-corrected chi connectivity index (χ2v) is 6.17. The Bertz CT molecular complexity index is 564. The molecule has 0 aliphatic carbocycles. The lowest BCUT2D eigenvalue weighted by molar-refractivity contribution is 0.0685. The third kappa shape index (κ3) is 4.06. The summed E-state index contributed by atoms with van der Waals surface area (Å²) in [5.41, 5.74) is -0.0441. The maximum atomic E-state index is 12.2. The summed E-state index contributed by atoms with van der Waals surface area (Å²) >= 11 is 0. The fourth-order valence-electron chi connectivity index (χ4n) is 1.76. The lowest BCUT2D eigenvalue weighted by atomic mass is 10.3. The molecule has 0 aromatic carbocycles. The van der Waals surface area contributed by atoms with Crippen LogP contribution < -0.4 is 4.72 Å². The monoisotopic (exact) mass is 304 g/mol. The molecule has 0 saturated heterocycles. The average Bonchev–Trinajstić information content (AvgIpc) is 2.80. The highest BCUT2D eigenvalue weighted by Gasteiger charge is 2.22. The molecule has 1 heterocycles. The van der Waals surface area contributed by atoms with Gasteiger partial charge in [-0.15, -0.1) is 0 Å². The zero-order chi connectivity index (χ0) is 15.3. The molecule has 2 N–H and O–H groups in total. The van der Waals surface area contributed by atoms with Gasteiger partial charge in [-0.3, -0.25) is 0 Å². The average molecular weight is 304 g/mol. The van der Waals surface area contributed by atoms with Crippen LogP contribution in [0.15, 0.2) is 17.2 Å². The second-order valence-electron chi connectivity index (χ2n) is 4.46. The summed E-state index contributed by atoms with van der Waals surface area (Å²) in [6.45, 7) is 4.30. The van der Waals surface area contributed by atoms with E-state index in [1.165, 1.54) is 10.8 Å². The van der Waals surface area contributed by atoms with Gasteiger partial charge in [0.2, 0.25) is 10.0 Å². The van der Waals surface area contributed by atoms with Crippen molar-refractivity contribution in [1.82, 2.24) is 9.29 Å².